The van der Waals surface area contributed by atoms with Gasteiger partial charge in [0.15, 0.2) is 0 Å². The van der Waals surface area contributed by atoms with Crippen molar-refractivity contribution in [3.63, 3.8) is 0 Å². The van der Waals surface area contributed by atoms with Gasteiger partial charge in [0, 0.05) is 18.5 Å². The average Bonchev–Trinajstić information content (AvgIpc) is 2.28. The smallest absolute Gasteiger partial charge is 0.0712 e. The molecular weight excluding hydrogens is 222 g/mol. The van der Waals surface area contributed by atoms with Gasteiger partial charge in [0.25, 0.3) is 0 Å². The quantitative estimate of drug-likeness (QED) is 0.841. The second kappa shape index (κ2) is 5.85. The van der Waals surface area contributed by atoms with Gasteiger partial charge in [-0.2, -0.15) is 0 Å². The van der Waals surface area contributed by atoms with E-state index in [1.807, 2.05) is 6.07 Å². The molecule has 0 radical (unpaired) electrons. The third-order valence-corrected chi connectivity index (χ3v) is 3.46. The Hall–Kier alpha value is -0.860. The van der Waals surface area contributed by atoms with Crippen LogP contribution in [0.15, 0.2) is 30.3 Å². The summed E-state index contributed by atoms with van der Waals surface area (Å²) in [7, 11) is 0. The molecule has 1 aromatic rings. The zero-order valence-corrected chi connectivity index (χ0v) is 12.3. The summed E-state index contributed by atoms with van der Waals surface area (Å²) < 4.78 is 0. The molecule has 0 saturated carbocycles. The van der Waals surface area contributed by atoms with Crippen LogP contribution in [0.25, 0.3) is 0 Å². The molecule has 18 heavy (non-hydrogen) atoms. The van der Waals surface area contributed by atoms with E-state index in [9.17, 15) is 5.11 Å². The van der Waals surface area contributed by atoms with Crippen LogP contribution in [-0.2, 0) is 5.41 Å². The summed E-state index contributed by atoms with van der Waals surface area (Å²) in [6.45, 7) is 12.1. The Bertz CT molecular complexity index is 351. The van der Waals surface area contributed by atoms with Crippen molar-refractivity contribution in [2.45, 2.75) is 46.1 Å². The summed E-state index contributed by atoms with van der Waals surface area (Å²) in [4.78, 5) is 0. The van der Waals surface area contributed by atoms with Gasteiger partial charge in [0.2, 0.25) is 0 Å². The number of benzene rings is 1. The van der Waals surface area contributed by atoms with E-state index >= 15 is 0 Å². The van der Waals surface area contributed by atoms with Crippen LogP contribution >= 0.6 is 0 Å². The van der Waals surface area contributed by atoms with E-state index < -0.39 is 0 Å². The molecule has 1 aromatic carbocycles. The second-order valence-corrected chi connectivity index (χ2v) is 6.76. The number of nitrogens with one attached hydrogen (secondary N) is 1. The fraction of sp³-hybridized carbons (Fsp3) is 0.625. The lowest BCUT2D eigenvalue weighted by Gasteiger charge is -2.30. The van der Waals surface area contributed by atoms with Gasteiger partial charge in [-0.15, -0.1) is 0 Å². The van der Waals surface area contributed by atoms with Crippen LogP contribution in [0.1, 0.15) is 40.2 Å². The van der Waals surface area contributed by atoms with E-state index in [4.69, 9.17) is 0 Å². The number of hydrogen-bond donors (Lipinski definition) is 2. The Morgan fingerprint density at radius 1 is 1.06 bits per heavy atom. The van der Waals surface area contributed by atoms with Crippen molar-refractivity contribution in [2.24, 2.45) is 5.41 Å². The minimum absolute atomic E-state index is 0.0656. The normalized spacial score (nSPS) is 14.6. The highest BCUT2D eigenvalue weighted by atomic mass is 16.3. The highest BCUT2D eigenvalue weighted by molar-refractivity contribution is 5.23. The molecule has 0 fully saturated rings. The predicted molar refractivity (Wildman–Crippen MR) is 77.8 cm³/mol. The highest BCUT2D eigenvalue weighted by Gasteiger charge is 2.24. The molecule has 2 heteroatoms. The van der Waals surface area contributed by atoms with Crippen LogP contribution in [0.2, 0.25) is 0 Å². The maximum absolute atomic E-state index is 9.99. The zero-order chi connectivity index (χ0) is 13.8. The van der Waals surface area contributed by atoms with E-state index in [-0.39, 0.29) is 16.9 Å². The van der Waals surface area contributed by atoms with Crippen molar-refractivity contribution < 1.29 is 5.11 Å². The summed E-state index contributed by atoms with van der Waals surface area (Å²) in [5.74, 6) is 0. The second-order valence-electron chi connectivity index (χ2n) is 6.76. The van der Waals surface area contributed by atoms with Gasteiger partial charge < -0.3 is 10.4 Å². The molecule has 2 nitrogen and oxygen atoms in total. The summed E-state index contributed by atoms with van der Waals surface area (Å²) in [6.07, 6.45) is -0.316. The Morgan fingerprint density at radius 2 is 1.61 bits per heavy atom. The zero-order valence-electron chi connectivity index (χ0n) is 12.3. The summed E-state index contributed by atoms with van der Waals surface area (Å²) >= 11 is 0. The minimum atomic E-state index is -0.316. The molecule has 0 spiro atoms. The Balaban J connectivity index is 2.49. The van der Waals surface area contributed by atoms with Gasteiger partial charge in [-0.1, -0.05) is 65.0 Å². The third kappa shape index (κ3) is 4.43. The molecule has 0 bridgehead atoms. The van der Waals surface area contributed by atoms with Gasteiger partial charge in [0.05, 0.1) is 6.10 Å². The molecule has 0 heterocycles. The summed E-state index contributed by atoms with van der Waals surface area (Å²) in [6, 6.07) is 10.5. The Labute approximate surface area is 111 Å². The van der Waals surface area contributed by atoms with E-state index in [1.54, 1.807) is 0 Å². The topological polar surface area (TPSA) is 32.3 Å². The van der Waals surface area contributed by atoms with Gasteiger partial charge in [-0.25, -0.2) is 0 Å². The Morgan fingerprint density at radius 3 is 2.11 bits per heavy atom. The fourth-order valence-corrected chi connectivity index (χ4v) is 1.82. The van der Waals surface area contributed by atoms with E-state index in [2.05, 4.69) is 64.2 Å². The molecule has 1 atom stereocenters. The van der Waals surface area contributed by atoms with E-state index in [0.29, 0.717) is 6.54 Å². The molecule has 1 rings (SSSR count). The maximum atomic E-state index is 9.99. The molecular formula is C16H27NO. The highest BCUT2D eigenvalue weighted by Crippen LogP contribution is 2.22. The van der Waals surface area contributed by atoms with Crippen LogP contribution in [0, 0.1) is 5.41 Å². The molecule has 0 aromatic heterocycles. The first-order chi connectivity index (χ1) is 8.23. The third-order valence-electron chi connectivity index (χ3n) is 3.46. The van der Waals surface area contributed by atoms with Crippen molar-refractivity contribution in [1.29, 1.82) is 0 Å². The SMILES string of the molecule is CC(C)(CNCC(O)C(C)(C)C)c1ccccc1. The van der Waals surface area contributed by atoms with E-state index in [1.165, 1.54) is 5.56 Å². The van der Waals surface area contributed by atoms with Crippen LogP contribution in [0.3, 0.4) is 0 Å². The van der Waals surface area contributed by atoms with Gasteiger partial charge in [-0.05, 0) is 11.0 Å². The first kappa shape index (κ1) is 15.2. The molecule has 1 unspecified atom stereocenters. The van der Waals surface area contributed by atoms with Crippen molar-refractivity contribution in [3.05, 3.63) is 35.9 Å². The number of hydrogen-bond acceptors (Lipinski definition) is 2. The first-order valence-electron chi connectivity index (χ1n) is 6.68. The van der Waals surface area contributed by atoms with Crippen LogP contribution in [0.5, 0.6) is 0 Å². The molecule has 0 saturated heterocycles. The molecule has 102 valence electrons. The first-order valence-corrected chi connectivity index (χ1v) is 6.68. The molecule has 2 N–H and O–H groups in total. The number of aliphatic hydroxyl groups excluding tert-OH is 1. The predicted octanol–water partition coefficient (Wildman–Crippen LogP) is 2.96. The van der Waals surface area contributed by atoms with Crippen molar-refractivity contribution in [2.75, 3.05) is 13.1 Å². The van der Waals surface area contributed by atoms with Gasteiger partial charge in [0.1, 0.15) is 0 Å². The summed E-state index contributed by atoms with van der Waals surface area (Å²) in [5, 5.41) is 13.4. The fourth-order valence-electron chi connectivity index (χ4n) is 1.82. The summed E-state index contributed by atoms with van der Waals surface area (Å²) in [5.41, 5.74) is 1.34. The lowest BCUT2D eigenvalue weighted by molar-refractivity contribution is 0.0621. The van der Waals surface area contributed by atoms with Crippen LogP contribution in [0.4, 0.5) is 0 Å². The standard InChI is InChI=1S/C16H27NO/c1-15(2,3)14(18)11-17-12-16(4,5)13-9-7-6-8-10-13/h6-10,14,17-18H,11-12H2,1-5H3. The van der Waals surface area contributed by atoms with Crippen LogP contribution < -0.4 is 5.32 Å². The average molecular weight is 249 g/mol. The molecule has 0 aliphatic carbocycles. The molecule has 0 aliphatic heterocycles. The van der Waals surface area contributed by atoms with Crippen molar-refractivity contribution in [1.82, 2.24) is 5.32 Å². The lowest BCUT2D eigenvalue weighted by Crippen LogP contribution is -2.41. The monoisotopic (exact) mass is 249 g/mol. The van der Waals surface area contributed by atoms with Gasteiger partial charge in [-0.3, -0.25) is 0 Å². The van der Waals surface area contributed by atoms with Crippen LogP contribution in [-0.4, -0.2) is 24.3 Å². The van der Waals surface area contributed by atoms with Crippen molar-refractivity contribution in [3.8, 4) is 0 Å². The van der Waals surface area contributed by atoms with Gasteiger partial charge >= 0.3 is 0 Å². The van der Waals surface area contributed by atoms with Crippen molar-refractivity contribution >= 4 is 0 Å². The maximum Gasteiger partial charge on any atom is 0.0712 e. The largest absolute Gasteiger partial charge is 0.391 e. The number of rotatable bonds is 5. The Kier molecular flexibility index (Phi) is 4.94. The number of aliphatic hydroxyl groups is 1. The molecule has 0 aliphatic rings. The minimum Gasteiger partial charge on any atom is -0.391 e. The van der Waals surface area contributed by atoms with E-state index in [0.717, 1.165) is 6.54 Å². The lowest BCUT2D eigenvalue weighted by atomic mass is 9.84. The molecule has 0 amide bonds.